The van der Waals surface area contributed by atoms with Crippen LogP contribution in [-0.4, -0.2) is 44.9 Å². The molecule has 1 aliphatic heterocycles. The molecule has 2 heterocycles. The first-order chi connectivity index (χ1) is 12.0. The fourth-order valence-corrected chi connectivity index (χ4v) is 4.08. The predicted molar refractivity (Wildman–Crippen MR) is 90.6 cm³/mol. The SMILES string of the molecule is C[C@H](NC(=O)c1cccc(S(=O)(=O)N2CCOCC2)c1)c1ccco1. The Labute approximate surface area is 146 Å². The van der Waals surface area contributed by atoms with Crippen LogP contribution in [0.2, 0.25) is 0 Å². The molecule has 1 atom stereocenters. The van der Waals surface area contributed by atoms with E-state index in [0.29, 0.717) is 32.1 Å². The van der Waals surface area contributed by atoms with E-state index in [0.717, 1.165) is 0 Å². The molecule has 1 saturated heterocycles. The Kier molecular flexibility index (Phi) is 5.22. The first kappa shape index (κ1) is 17.7. The molecule has 1 aromatic carbocycles. The summed E-state index contributed by atoms with van der Waals surface area (Å²) in [6.45, 7) is 3.17. The Morgan fingerprint density at radius 2 is 1.96 bits per heavy atom. The Balaban J connectivity index is 1.77. The van der Waals surface area contributed by atoms with Crippen molar-refractivity contribution in [3.63, 3.8) is 0 Å². The summed E-state index contributed by atoms with van der Waals surface area (Å²) in [5.41, 5.74) is 0.285. The summed E-state index contributed by atoms with van der Waals surface area (Å²) in [6.07, 6.45) is 1.54. The van der Waals surface area contributed by atoms with Crippen molar-refractivity contribution in [1.82, 2.24) is 9.62 Å². The second-order valence-corrected chi connectivity index (χ2v) is 7.69. The summed E-state index contributed by atoms with van der Waals surface area (Å²) in [5, 5.41) is 2.80. The molecular formula is C17H20N2O5S. The van der Waals surface area contributed by atoms with Gasteiger partial charge in [0.05, 0.1) is 30.4 Å². The molecule has 7 nitrogen and oxygen atoms in total. The highest BCUT2D eigenvalue weighted by atomic mass is 32.2. The number of carbonyl (C=O) groups excluding carboxylic acids is 1. The number of furan rings is 1. The van der Waals surface area contributed by atoms with Crippen molar-refractivity contribution in [2.75, 3.05) is 26.3 Å². The van der Waals surface area contributed by atoms with Crippen molar-refractivity contribution in [2.24, 2.45) is 0 Å². The van der Waals surface area contributed by atoms with Gasteiger partial charge >= 0.3 is 0 Å². The molecule has 25 heavy (non-hydrogen) atoms. The van der Waals surface area contributed by atoms with Gasteiger partial charge < -0.3 is 14.5 Å². The number of amides is 1. The van der Waals surface area contributed by atoms with E-state index in [-0.39, 0.29) is 22.4 Å². The smallest absolute Gasteiger partial charge is 0.251 e. The largest absolute Gasteiger partial charge is 0.467 e. The zero-order valence-corrected chi connectivity index (χ0v) is 14.7. The first-order valence-electron chi connectivity index (χ1n) is 8.01. The molecule has 0 spiro atoms. The molecule has 2 aromatic rings. The fraction of sp³-hybridized carbons (Fsp3) is 0.353. The topological polar surface area (TPSA) is 88.9 Å². The van der Waals surface area contributed by atoms with Crippen molar-refractivity contribution in [2.45, 2.75) is 17.9 Å². The van der Waals surface area contributed by atoms with Crippen LogP contribution < -0.4 is 5.32 Å². The lowest BCUT2D eigenvalue weighted by molar-refractivity contribution is 0.0730. The molecule has 1 aromatic heterocycles. The highest BCUT2D eigenvalue weighted by Gasteiger charge is 2.27. The third-order valence-corrected chi connectivity index (χ3v) is 5.92. The van der Waals surface area contributed by atoms with Crippen LogP contribution in [0, 0.1) is 0 Å². The highest BCUT2D eigenvalue weighted by Crippen LogP contribution is 2.19. The van der Waals surface area contributed by atoms with E-state index in [1.807, 2.05) is 0 Å². The van der Waals surface area contributed by atoms with Crippen LogP contribution in [0.15, 0.2) is 52.0 Å². The maximum absolute atomic E-state index is 12.7. The molecule has 0 bridgehead atoms. The predicted octanol–water partition coefficient (Wildman–Crippen LogP) is 1.79. The Morgan fingerprint density at radius 3 is 2.64 bits per heavy atom. The maximum atomic E-state index is 12.7. The van der Waals surface area contributed by atoms with Gasteiger partial charge in [-0.3, -0.25) is 4.79 Å². The summed E-state index contributed by atoms with van der Waals surface area (Å²) in [5.74, 6) is 0.272. The molecule has 3 rings (SSSR count). The van der Waals surface area contributed by atoms with Gasteiger partial charge in [-0.15, -0.1) is 0 Å². The van der Waals surface area contributed by atoms with Crippen molar-refractivity contribution in [3.05, 3.63) is 54.0 Å². The van der Waals surface area contributed by atoms with Gasteiger partial charge in [0.15, 0.2) is 0 Å². The van der Waals surface area contributed by atoms with Crippen LogP contribution >= 0.6 is 0 Å². The van der Waals surface area contributed by atoms with E-state index in [2.05, 4.69) is 5.32 Å². The number of benzene rings is 1. The van der Waals surface area contributed by atoms with E-state index in [1.165, 1.54) is 22.7 Å². The molecule has 1 amide bonds. The van der Waals surface area contributed by atoms with E-state index in [1.54, 1.807) is 31.2 Å². The van der Waals surface area contributed by atoms with E-state index >= 15 is 0 Å². The molecule has 1 aliphatic rings. The average Bonchev–Trinajstić information content (AvgIpc) is 3.17. The third-order valence-electron chi connectivity index (χ3n) is 4.02. The van der Waals surface area contributed by atoms with Crippen molar-refractivity contribution < 1.29 is 22.4 Å². The lowest BCUT2D eigenvalue weighted by atomic mass is 10.2. The van der Waals surface area contributed by atoms with Gasteiger partial charge in [0.2, 0.25) is 10.0 Å². The number of ether oxygens (including phenoxy) is 1. The molecule has 0 radical (unpaired) electrons. The fourth-order valence-electron chi connectivity index (χ4n) is 2.62. The number of morpholine rings is 1. The van der Waals surface area contributed by atoms with Crippen LogP contribution in [0.5, 0.6) is 0 Å². The number of nitrogens with one attached hydrogen (secondary N) is 1. The first-order valence-corrected chi connectivity index (χ1v) is 9.45. The Hall–Kier alpha value is -2.16. The van der Waals surface area contributed by atoms with E-state index in [9.17, 15) is 13.2 Å². The molecular weight excluding hydrogens is 344 g/mol. The van der Waals surface area contributed by atoms with Gasteiger partial charge in [-0.1, -0.05) is 6.07 Å². The van der Waals surface area contributed by atoms with Crippen LogP contribution in [0.4, 0.5) is 0 Å². The quantitative estimate of drug-likeness (QED) is 0.874. The number of hydrogen-bond acceptors (Lipinski definition) is 5. The number of nitrogens with zero attached hydrogens (tertiary/aromatic N) is 1. The molecule has 0 saturated carbocycles. The molecule has 8 heteroatoms. The normalized spacial score (nSPS) is 17.2. The van der Waals surface area contributed by atoms with Gasteiger partial charge in [0, 0.05) is 18.7 Å². The summed E-state index contributed by atoms with van der Waals surface area (Å²) in [6, 6.07) is 9.24. The second-order valence-electron chi connectivity index (χ2n) is 5.75. The Bertz CT molecular complexity index is 826. The monoisotopic (exact) mass is 364 g/mol. The molecule has 0 unspecified atom stereocenters. The lowest BCUT2D eigenvalue weighted by Gasteiger charge is -2.26. The van der Waals surface area contributed by atoms with Crippen LogP contribution in [0.1, 0.15) is 29.1 Å². The zero-order valence-electron chi connectivity index (χ0n) is 13.8. The van der Waals surface area contributed by atoms with Gasteiger partial charge in [-0.05, 0) is 37.3 Å². The number of rotatable bonds is 5. The van der Waals surface area contributed by atoms with Gasteiger partial charge in [0.1, 0.15) is 5.76 Å². The van der Waals surface area contributed by atoms with E-state index < -0.39 is 10.0 Å². The van der Waals surface area contributed by atoms with Crippen molar-refractivity contribution in [1.29, 1.82) is 0 Å². The van der Waals surface area contributed by atoms with Crippen LogP contribution in [0.25, 0.3) is 0 Å². The maximum Gasteiger partial charge on any atom is 0.251 e. The summed E-state index contributed by atoms with van der Waals surface area (Å²) in [4.78, 5) is 12.5. The summed E-state index contributed by atoms with van der Waals surface area (Å²) >= 11 is 0. The molecule has 0 aliphatic carbocycles. The minimum atomic E-state index is -3.63. The number of sulfonamides is 1. The van der Waals surface area contributed by atoms with E-state index in [4.69, 9.17) is 9.15 Å². The molecule has 1 N–H and O–H groups in total. The molecule has 1 fully saturated rings. The second kappa shape index (κ2) is 7.38. The minimum absolute atomic E-state index is 0.104. The lowest BCUT2D eigenvalue weighted by Crippen LogP contribution is -2.40. The van der Waals surface area contributed by atoms with Crippen molar-refractivity contribution >= 4 is 15.9 Å². The van der Waals surface area contributed by atoms with Crippen LogP contribution in [-0.2, 0) is 14.8 Å². The standard InChI is InChI=1S/C17H20N2O5S/c1-13(16-6-3-9-24-16)18-17(20)14-4-2-5-15(12-14)25(21,22)19-7-10-23-11-8-19/h2-6,9,12-13H,7-8,10-11H2,1H3,(H,18,20)/t13-/m0/s1. The zero-order chi connectivity index (χ0) is 17.9. The Morgan fingerprint density at radius 1 is 1.20 bits per heavy atom. The number of hydrogen-bond donors (Lipinski definition) is 1. The third kappa shape index (κ3) is 3.92. The van der Waals surface area contributed by atoms with Crippen molar-refractivity contribution in [3.8, 4) is 0 Å². The highest BCUT2D eigenvalue weighted by molar-refractivity contribution is 7.89. The van der Waals surface area contributed by atoms with Gasteiger partial charge in [0.25, 0.3) is 5.91 Å². The summed E-state index contributed by atoms with van der Waals surface area (Å²) in [7, 11) is -3.63. The van der Waals surface area contributed by atoms with Gasteiger partial charge in [-0.2, -0.15) is 4.31 Å². The average molecular weight is 364 g/mol. The molecule has 134 valence electrons. The summed E-state index contributed by atoms with van der Waals surface area (Å²) < 4.78 is 37.2. The minimum Gasteiger partial charge on any atom is -0.467 e. The van der Waals surface area contributed by atoms with Gasteiger partial charge in [-0.25, -0.2) is 8.42 Å². The van der Waals surface area contributed by atoms with Crippen LogP contribution in [0.3, 0.4) is 0 Å². The number of carbonyl (C=O) groups is 1.